The third-order valence-corrected chi connectivity index (χ3v) is 10.4. The molecule has 0 spiro atoms. The molecule has 0 bridgehead atoms. The Hall–Kier alpha value is -0.890. The van der Waals surface area contributed by atoms with Gasteiger partial charge in [-0.15, -0.1) is 0 Å². The highest BCUT2D eigenvalue weighted by Gasteiger charge is 2.53. The molecule has 2 heteroatoms. The Bertz CT molecular complexity index is 774. The average Bonchev–Trinajstić information content (AvgIpc) is 3.28. The SMILES string of the molecule is CC(C)C1CCN=C1C[C@@H](C)[C@H]1CC[C@H]2C3=CC[C@H]4C[C@H](N)CC=C4CC3CC[C@]12C. The number of rotatable bonds is 4. The van der Waals surface area contributed by atoms with E-state index in [0.717, 1.165) is 54.4 Å². The molecule has 8 atom stereocenters. The van der Waals surface area contributed by atoms with Gasteiger partial charge in [-0.05, 0) is 105 Å². The van der Waals surface area contributed by atoms with E-state index in [4.69, 9.17) is 10.7 Å². The van der Waals surface area contributed by atoms with E-state index in [9.17, 15) is 0 Å². The van der Waals surface area contributed by atoms with Crippen LogP contribution in [0.5, 0.6) is 0 Å². The molecule has 0 radical (unpaired) electrons. The summed E-state index contributed by atoms with van der Waals surface area (Å²) in [6, 6.07) is 0.391. The first-order valence-electron chi connectivity index (χ1n) is 13.5. The summed E-state index contributed by atoms with van der Waals surface area (Å²) in [5.41, 5.74) is 12.0. The van der Waals surface area contributed by atoms with Gasteiger partial charge in [0.15, 0.2) is 0 Å². The van der Waals surface area contributed by atoms with E-state index in [1.54, 1.807) is 11.3 Å². The van der Waals surface area contributed by atoms with Crippen LogP contribution in [0.25, 0.3) is 0 Å². The van der Waals surface area contributed by atoms with Crippen LogP contribution in [0.2, 0.25) is 0 Å². The maximum atomic E-state index is 6.32. The number of hydrogen-bond donors (Lipinski definition) is 1. The van der Waals surface area contributed by atoms with Gasteiger partial charge in [-0.25, -0.2) is 0 Å². The van der Waals surface area contributed by atoms with Gasteiger partial charge >= 0.3 is 0 Å². The molecule has 0 aromatic carbocycles. The second-order valence-electron chi connectivity index (χ2n) is 12.5. The molecular weight excluding hydrogens is 376 g/mol. The molecule has 2 saturated carbocycles. The molecule has 2 unspecified atom stereocenters. The summed E-state index contributed by atoms with van der Waals surface area (Å²) in [5.74, 6) is 5.53. The number of nitrogens with two attached hydrogens (primary N) is 1. The van der Waals surface area contributed by atoms with Crippen LogP contribution in [0.1, 0.15) is 91.9 Å². The standard InChI is InChI=1S/C29H46N2/c1-18(2)24-12-14-31-28(24)15-19(3)26-9-10-27-25-8-6-21-17-23(30)7-5-20(21)16-22(25)11-13-29(26,27)4/h5,8,18-19,21-24,26-27H,6-7,9-17,30H2,1-4H3/t19-,21+,22?,23-,24?,26-,27+,29-/m1/s1. The highest BCUT2D eigenvalue weighted by Crippen LogP contribution is 2.62. The van der Waals surface area contributed by atoms with Gasteiger partial charge in [0.2, 0.25) is 0 Å². The van der Waals surface area contributed by atoms with E-state index in [1.165, 1.54) is 57.8 Å². The van der Waals surface area contributed by atoms with Crippen molar-refractivity contribution in [2.45, 2.75) is 97.9 Å². The summed E-state index contributed by atoms with van der Waals surface area (Å²) in [5, 5.41) is 0. The molecule has 31 heavy (non-hydrogen) atoms. The molecule has 0 aromatic rings. The Balaban J connectivity index is 1.32. The van der Waals surface area contributed by atoms with Gasteiger partial charge in [-0.1, -0.05) is 51.0 Å². The van der Waals surface area contributed by atoms with Gasteiger partial charge in [0.25, 0.3) is 0 Å². The van der Waals surface area contributed by atoms with Gasteiger partial charge in [0.1, 0.15) is 0 Å². The van der Waals surface area contributed by atoms with Crippen LogP contribution in [-0.2, 0) is 0 Å². The van der Waals surface area contributed by atoms with Gasteiger partial charge < -0.3 is 5.73 Å². The molecule has 5 aliphatic rings. The molecule has 2 N–H and O–H groups in total. The van der Waals surface area contributed by atoms with Crippen LogP contribution in [0.3, 0.4) is 0 Å². The van der Waals surface area contributed by atoms with Crippen LogP contribution in [0.15, 0.2) is 28.3 Å². The van der Waals surface area contributed by atoms with Crippen molar-refractivity contribution in [2.75, 3.05) is 6.54 Å². The van der Waals surface area contributed by atoms with E-state index in [2.05, 4.69) is 39.8 Å². The van der Waals surface area contributed by atoms with Gasteiger partial charge in [-0.3, -0.25) is 4.99 Å². The summed E-state index contributed by atoms with van der Waals surface area (Å²) in [6.45, 7) is 11.1. The fraction of sp³-hybridized carbons (Fsp3) is 0.828. The highest BCUT2D eigenvalue weighted by molar-refractivity contribution is 5.88. The fourth-order valence-electron chi connectivity index (χ4n) is 8.75. The fourth-order valence-corrected chi connectivity index (χ4v) is 8.75. The van der Waals surface area contributed by atoms with Gasteiger partial charge in [0.05, 0.1) is 0 Å². The number of allylic oxidation sites excluding steroid dienone is 3. The van der Waals surface area contributed by atoms with Gasteiger partial charge in [-0.2, -0.15) is 0 Å². The summed E-state index contributed by atoms with van der Waals surface area (Å²) >= 11 is 0. The first-order valence-corrected chi connectivity index (χ1v) is 13.5. The predicted octanol–water partition coefficient (Wildman–Crippen LogP) is 6.96. The lowest BCUT2D eigenvalue weighted by molar-refractivity contribution is 0.0837. The lowest BCUT2D eigenvalue weighted by atomic mass is 9.57. The second-order valence-corrected chi connectivity index (χ2v) is 12.5. The van der Waals surface area contributed by atoms with Crippen molar-refractivity contribution >= 4 is 5.71 Å². The molecule has 0 saturated heterocycles. The third-order valence-electron chi connectivity index (χ3n) is 10.4. The topological polar surface area (TPSA) is 38.4 Å². The maximum Gasteiger partial charge on any atom is 0.0395 e. The molecule has 4 aliphatic carbocycles. The second kappa shape index (κ2) is 8.47. The van der Waals surface area contributed by atoms with Crippen LogP contribution in [0, 0.1) is 46.8 Å². The predicted molar refractivity (Wildman–Crippen MR) is 132 cm³/mol. The first kappa shape index (κ1) is 21.9. The molecule has 172 valence electrons. The quantitative estimate of drug-likeness (QED) is 0.489. The molecule has 1 aliphatic heterocycles. The van der Waals surface area contributed by atoms with E-state index in [-0.39, 0.29) is 0 Å². The zero-order valence-corrected chi connectivity index (χ0v) is 20.6. The zero-order valence-electron chi connectivity index (χ0n) is 20.6. The van der Waals surface area contributed by atoms with Crippen LogP contribution in [0.4, 0.5) is 0 Å². The summed E-state index contributed by atoms with van der Waals surface area (Å²) in [6.07, 6.45) is 18.4. The lowest BCUT2D eigenvalue weighted by Crippen LogP contribution is -2.39. The Kier molecular flexibility index (Phi) is 5.99. The molecule has 2 fully saturated rings. The van der Waals surface area contributed by atoms with Crippen molar-refractivity contribution in [1.29, 1.82) is 0 Å². The highest BCUT2D eigenvalue weighted by atomic mass is 14.8. The number of aliphatic imine (C=N–C) groups is 1. The van der Waals surface area contributed by atoms with Crippen LogP contribution in [-0.4, -0.2) is 18.3 Å². The summed E-state index contributed by atoms with van der Waals surface area (Å²) < 4.78 is 0. The Morgan fingerprint density at radius 2 is 1.90 bits per heavy atom. The lowest BCUT2D eigenvalue weighted by Gasteiger charge is -2.47. The number of hydrogen-bond acceptors (Lipinski definition) is 2. The zero-order chi connectivity index (χ0) is 21.8. The minimum Gasteiger partial charge on any atom is -0.327 e. The van der Waals surface area contributed by atoms with E-state index in [1.807, 2.05) is 5.57 Å². The minimum atomic E-state index is 0.391. The van der Waals surface area contributed by atoms with Crippen molar-refractivity contribution < 1.29 is 0 Å². The van der Waals surface area contributed by atoms with Crippen molar-refractivity contribution in [1.82, 2.24) is 0 Å². The molecule has 1 heterocycles. The third kappa shape index (κ3) is 3.90. The summed E-state index contributed by atoms with van der Waals surface area (Å²) in [4.78, 5) is 4.99. The Labute approximate surface area is 191 Å². The molecule has 5 rings (SSSR count). The smallest absolute Gasteiger partial charge is 0.0395 e. The van der Waals surface area contributed by atoms with Crippen LogP contribution >= 0.6 is 0 Å². The monoisotopic (exact) mass is 422 g/mol. The van der Waals surface area contributed by atoms with Crippen molar-refractivity contribution in [2.24, 2.45) is 57.6 Å². The first-order chi connectivity index (χ1) is 14.9. The molecule has 2 nitrogen and oxygen atoms in total. The van der Waals surface area contributed by atoms with Crippen molar-refractivity contribution in [3.63, 3.8) is 0 Å². The summed E-state index contributed by atoms with van der Waals surface area (Å²) in [7, 11) is 0. The minimum absolute atomic E-state index is 0.391. The van der Waals surface area contributed by atoms with Crippen molar-refractivity contribution in [3.8, 4) is 0 Å². The van der Waals surface area contributed by atoms with Crippen LogP contribution < -0.4 is 5.73 Å². The molecular formula is C29H46N2. The maximum absolute atomic E-state index is 6.32. The Morgan fingerprint density at radius 3 is 2.71 bits per heavy atom. The van der Waals surface area contributed by atoms with Crippen molar-refractivity contribution in [3.05, 3.63) is 23.3 Å². The number of fused-ring (bicyclic) bond motifs is 4. The normalized spacial score (nSPS) is 43.4. The van der Waals surface area contributed by atoms with E-state index >= 15 is 0 Å². The number of nitrogens with zero attached hydrogens (tertiary/aromatic N) is 1. The molecule has 0 aromatic heterocycles. The largest absolute Gasteiger partial charge is 0.327 e. The van der Waals surface area contributed by atoms with E-state index in [0.29, 0.717) is 11.5 Å². The van der Waals surface area contributed by atoms with Gasteiger partial charge in [0, 0.05) is 24.2 Å². The molecule has 0 amide bonds. The average molecular weight is 423 g/mol. The van der Waals surface area contributed by atoms with E-state index < -0.39 is 0 Å². The Morgan fingerprint density at radius 1 is 1.06 bits per heavy atom.